The van der Waals surface area contributed by atoms with Gasteiger partial charge in [-0.3, -0.25) is 0 Å². The number of carbonyl (C=O) groups excluding carboxylic acids is 1. The lowest BCUT2D eigenvalue weighted by molar-refractivity contribution is -0.159. The lowest BCUT2D eigenvalue weighted by Gasteiger charge is -2.31. The number of benzene rings is 1. The van der Waals surface area contributed by atoms with Gasteiger partial charge in [-0.2, -0.15) is 0 Å². The summed E-state index contributed by atoms with van der Waals surface area (Å²) in [6.45, 7) is 1.32. The molecule has 3 atom stereocenters. The Hall–Kier alpha value is -2.65. The van der Waals surface area contributed by atoms with Gasteiger partial charge in [-0.25, -0.2) is 28.3 Å². The maximum absolute atomic E-state index is 12.7. The van der Waals surface area contributed by atoms with Crippen molar-refractivity contribution in [3.8, 4) is 5.69 Å². The molecule has 0 spiro atoms. The first-order valence-corrected chi connectivity index (χ1v) is 7.50. The van der Waals surface area contributed by atoms with Gasteiger partial charge in [-0.1, -0.05) is 18.2 Å². The molecule has 2 heterocycles. The fraction of sp³-hybridized carbons (Fsp3) is 0.400. The van der Waals surface area contributed by atoms with Crippen LogP contribution >= 0.6 is 0 Å². The van der Waals surface area contributed by atoms with E-state index in [0.29, 0.717) is 5.69 Å². The minimum Gasteiger partial charge on any atom is -0.464 e. The zero-order chi connectivity index (χ0) is 17.4. The first kappa shape index (κ1) is 16.2. The number of carbonyl (C=O) groups is 1. The minimum atomic E-state index is -1.55. The van der Waals surface area contributed by atoms with Crippen LogP contribution in [0.15, 0.2) is 39.9 Å². The second-order valence-electron chi connectivity index (χ2n) is 5.42. The zero-order valence-electron chi connectivity index (χ0n) is 12.9. The molecule has 0 saturated heterocycles. The highest BCUT2D eigenvalue weighted by molar-refractivity contribution is 5.75. The Bertz CT molecular complexity index is 866. The molecule has 128 valence electrons. The highest BCUT2D eigenvalue weighted by Gasteiger charge is 2.43. The third-order valence-electron chi connectivity index (χ3n) is 3.94. The van der Waals surface area contributed by atoms with Crippen molar-refractivity contribution < 1.29 is 19.7 Å². The Morgan fingerprint density at radius 1 is 1.21 bits per heavy atom. The van der Waals surface area contributed by atoms with Gasteiger partial charge in [0.25, 0.3) is 0 Å². The van der Waals surface area contributed by atoms with Gasteiger partial charge in [-0.15, -0.1) is 0 Å². The van der Waals surface area contributed by atoms with Gasteiger partial charge in [0.05, 0.1) is 18.8 Å². The van der Waals surface area contributed by atoms with E-state index < -0.39 is 35.6 Å². The molecular weight excluding hydrogens is 318 g/mol. The third kappa shape index (κ3) is 2.38. The van der Waals surface area contributed by atoms with Gasteiger partial charge in [0.15, 0.2) is 6.04 Å². The van der Waals surface area contributed by atoms with Crippen LogP contribution in [0, 0.1) is 0 Å². The fourth-order valence-corrected chi connectivity index (χ4v) is 2.84. The number of fused-ring (bicyclic) bond motifs is 1. The van der Waals surface area contributed by atoms with Crippen molar-refractivity contribution in [1.29, 1.82) is 0 Å². The molecule has 1 aromatic carbocycles. The van der Waals surface area contributed by atoms with Crippen LogP contribution in [0.4, 0.5) is 0 Å². The molecule has 2 N–H and O–H groups in total. The summed E-state index contributed by atoms with van der Waals surface area (Å²) >= 11 is 0. The van der Waals surface area contributed by atoms with E-state index in [0.717, 1.165) is 13.9 Å². The Balaban J connectivity index is 2.23. The summed E-state index contributed by atoms with van der Waals surface area (Å²) in [5.74, 6) is -0.884. The molecule has 0 radical (unpaired) electrons. The van der Waals surface area contributed by atoms with E-state index in [4.69, 9.17) is 4.74 Å². The van der Waals surface area contributed by atoms with Gasteiger partial charge in [0.2, 0.25) is 0 Å². The number of ether oxygens (including phenoxy) is 1. The quantitative estimate of drug-likeness (QED) is 0.670. The molecule has 1 aliphatic rings. The predicted molar refractivity (Wildman–Crippen MR) is 82.0 cm³/mol. The highest BCUT2D eigenvalue weighted by Crippen LogP contribution is 2.21. The van der Waals surface area contributed by atoms with E-state index in [2.05, 4.69) is 0 Å². The smallest absolute Gasteiger partial charge is 0.352 e. The predicted octanol–water partition coefficient (Wildman–Crippen LogP) is -1.36. The number of nitrogens with zero attached hydrogens (tertiary/aromatic N) is 3. The van der Waals surface area contributed by atoms with Crippen molar-refractivity contribution in [3.05, 3.63) is 51.3 Å². The maximum atomic E-state index is 12.7. The van der Waals surface area contributed by atoms with Gasteiger partial charge >= 0.3 is 17.3 Å². The maximum Gasteiger partial charge on any atom is 0.352 e. The lowest BCUT2D eigenvalue weighted by atomic mass is 10.0. The standard InChI is InChI=1S/C15H17N3O6/c1-2-24-13(21)11-12(20)10(19)8-16-14(22)17(15(23)18(11)16)9-6-4-3-5-7-9/h3-7,10-12,19-20H,2,8H2,1H3/t10-,11-,12-/m0/s1. The molecule has 0 amide bonds. The van der Waals surface area contributed by atoms with Gasteiger partial charge in [0.1, 0.15) is 12.2 Å². The Labute approximate surface area is 135 Å². The monoisotopic (exact) mass is 335 g/mol. The van der Waals surface area contributed by atoms with Crippen LogP contribution in [0.1, 0.15) is 13.0 Å². The molecule has 0 unspecified atom stereocenters. The summed E-state index contributed by atoms with van der Waals surface area (Å²) in [4.78, 5) is 37.4. The third-order valence-corrected chi connectivity index (χ3v) is 3.94. The Morgan fingerprint density at radius 3 is 2.50 bits per heavy atom. The molecule has 1 aliphatic heterocycles. The summed E-state index contributed by atoms with van der Waals surface area (Å²) in [5.41, 5.74) is -1.16. The summed E-state index contributed by atoms with van der Waals surface area (Å²) in [5, 5.41) is 20.1. The van der Waals surface area contributed by atoms with Crippen molar-refractivity contribution in [2.75, 3.05) is 6.61 Å². The van der Waals surface area contributed by atoms with E-state index in [1.54, 1.807) is 37.3 Å². The molecule has 9 nitrogen and oxygen atoms in total. The molecule has 0 fully saturated rings. The van der Waals surface area contributed by atoms with Crippen LogP contribution in [0.3, 0.4) is 0 Å². The zero-order valence-corrected chi connectivity index (χ0v) is 12.9. The van der Waals surface area contributed by atoms with Crippen LogP contribution in [0.5, 0.6) is 0 Å². The number of hydrogen-bond donors (Lipinski definition) is 2. The summed E-state index contributed by atoms with van der Waals surface area (Å²) in [6, 6.07) is 6.71. The molecule has 1 aromatic heterocycles. The Kier molecular flexibility index (Phi) is 4.12. The largest absolute Gasteiger partial charge is 0.464 e. The summed E-state index contributed by atoms with van der Waals surface area (Å²) < 4.78 is 7.56. The van der Waals surface area contributed by atoms with Gasteiger partial charge in [-0.05, 0) is 19.1 Å². The van der Waals surface area contributed by atoms with E-state index >= 15 is 0 Å². The molecule has 0 saturated carbocycles. The number of aromatic nitrogens is 3. The highest BCUT2D eigenvalue weighted by atomic mass is 16.5. The average molecular weight is 335 g/mol. The lowest BCUT2D eigenvalue weighted by Crippen LogP contribution is -2.53. The van der Waals surface area contributed by atoms with Crippen molar-refractivity contribution in [1.82, 2.24) is 13.9 Å². The number of aliphatic hydroxyl groups excluding tert-OH is 2. The van der Waals surface area contributed by atoms with E-state index in [1.165, 1.54) is 0 Å². The van der Waals surface area contributed by atoms with E-state index in [1.807, 2.05) is 0 Å². The van der Waals surface area contributed by atoms with Crippen molar-refractivity contribution in [3.63, 3.8) is 0 Å². The molecule has 0 aliphatic carbocycles. The number of para-hydroxylation sites is 1. The van der Waals surface area contributed by atoms with Crippen LogP contribution < -0.4 is 11.4 Å². The van der Waals surface area contributed by atoms with Gasteiger partial charge < -0.3 is 14.9 Å². The number of hydrogen-bond acceptors (Lipinski definition) is 6. The van der Waals surface area contributed by atoms with Crippen LogP contribution in [-0.2, 0) is 16.1 Å². The fourth-order valence-electron chi connectivity index (χ4n) is 2.84. The van der Waals surface area contributed by atoms with Crippen LogP contribution in [0.2, 0.25) is 0 Å². The molecule has 3 rings (SSSR count). The van der Waals surface area contributed by atoms with Crippen molar-refractivity contribution in [2.45, 2.75) is 31.7 Å². The Morgan fingerprint density at radius 2 is 1.88 bits per heavy atom. The van der Waals surface area contributed by atoms with E-state index in [9.17, 15) is 24.6 Å². The first-order valence-electron chi connectivity index (χ1n) is 7.50. The molecule has 2 aromatic rings. The number of rotatable bonds is 3. The van der Waals surface area contributed by atoms with Crippen molar-refractivity contribution >= 4 is 5.97 Å². The second kappa shape index (κ2) is 6.10. The summed E-state index contributed by atoms with van der Waals surface area (Å²) in [7, 11) is 0. The van der Waals surface area contributed by atoms with E-state index in [-0.39, 0.29) is 13.2 Å². The average Bonchev–Trinajstić information content (AvgIpc) is 2.80. The molecule has 24 heavy (non-hydrogen) atoms. The second-order valence-corrected chi connectivity index (χ2v) is 5.42. The SMILES string of the molecule is CCOC(=O)[C@@H]1[C@@H](O)[C@@H](O)Cn2c(=O)n(-c3ccccc3)c(=O)n21. The van der Waals surface area contributed by atoms with Crippen molar-refractivity contribution in [2.24, 2.45) is 0 Å². The van der Waals surface area contributed by atoms with Crippen LogP contribution in [-0.4, -0.2) is 48.9 Å². The first-order chi connectivity index (χ1) is 11.5. The minimum absolute atomic E-state index is 0.0382. The number of aliphatic hydroxyl groups is 2. The topological polar surface area (TPSA) is 116 Å². The van der Waals surface area contributed by atoms with Gasteiger partial charge in [0, 0.05) is 0 Å². The van der Waals surface area contributed by atoms with Crippen LogP contribution in [0.25, 0.3) is 5.69 Å². The molecular formula is C15H17N3O6. The number of esters is 1. The normalized spacial score (nSPS) is 22.9. The summed E-state index contributed by atoms with van der Waals surface area (Å²) in [6.07, 6.45) is -2.92. The molecule has 9 heteroatoms. The molecule has 0 bridgehead atoms.